The topological polar surface area (TPSA) is 64.2 Å². The lowest BCUT2D eigenvalue weighted by Gasteiger charge is -2.43. The van der Waals surface area contributed by atoms with Gasteiger partial charge in [-0.25, -0.2) is 0 Å². The van der Waals surface area contributed by atoms with Crippen LogP contribution in [0.4, 0.5) is 5.69 Å². The zero-order valence-corrected chi connectivity index (χ0v) is 22.8. The summed E-state index contributed by atoms with van der Waals surface area (Å²) in [5.41, 5.74) is 3.10. The lowest BCUT2D eigenvalue weighted by Crippen LogP contribution is -2.57. The van der Waals surface area contributed by atoms with Crippen LogP contribution in [0.15, 0.2) is 84.9 Å². The molecule has 3 aromatic rings. The van der Waals surface area contributed by atoms with Gasteiger partial charge in [0.2, 0.25) is 5.91 Å². The largest absolute Gasteiger partial charge is 0.340 e. The number of benzene rings is 3. The Morgan fingerprint density at radius 3 is 2.08 bits per heavy atom. The van der Waals surface area contributed by atoms with Crippen LogP contribution in [0.25, 0.3) is 0 Å². The van der Waals surface area contributed by atoms with Crippen LogP contribution in [0.3, 0.4) is 0 Å². The van der Waals surface area contributed by atoms with E-state index in [1.807, 2.05) is 89.8 Å². The number of carbonyl (C=O) groups is 3. The normalized spacial score (nSPS) is 16.6. The molecular formula is C32H36N4O3. The maximum atomic E-state index is 14.0. The monoisotopic (exact) mass is 524 g/mol. The van der Waals surface area contributed by atoms with Gasteiger partial charge in [-0.2, -0.15) is 0 Å². The van der Waals surface area contributed by atoms with E-state index in [1.54, 1.807) is 16.8 Å². The van der Waals surface area contributed by atoms with Gasteiger partial charge in [-0.05, 0) is 54.7 Å². The van der Waals surface area contributed by atoms with E-state index >= 15 is 0 Å². The first kappa shape index (κ1) is 26.5. The van der Waals surface area contributed by atoms with Gasteiger partial charge in [0.1, 0.15) is 12.1 Å². The van der Waals surface area contributed by atoms with E-state index in [0.717, 1.165) is 17.7 Å². The Labute approximate surface area is 230 Å². The molecule has 202 valence electrons. The maximum Gasteiger partial charge on any atom is 0.253 e. The number of rotatable bonds is 7. The van der Waals surface area contributed by atoms with Gasteiger partial charge in [-0.1, -0.05) is 67.6 Å². The van der Waals surface area contributed by atoms with Gasteiger partial charge in [0.25, 0.3) is 11.8 Å². The molecule has 0 radical (unpaired) electrons. The quantitative estimate of drug-likeness (QED) is 0.465. The van der Waals surface area contributed by atoms with Crippen LogP contribution in [-0.4, -0.2) is 71.3 Å². The summed E-state index contributed by atoms with van der Waals surface area (Å²) in [5, 5.41) is 0. The molecule has 7 nitrogen and oxygen atoms in total. The van der Waals surface area contributed by atoms with Gasteiger partial charge in [0, 0.05) is 37.9 Å². The predicted octanol–water partition coefficient (Wildman–Crippen LogP) is 4.19. The number of anilines is 1. The third-order valence-electron chi connectivity index (χ3n) is 8.08. The molecule has 2 saturated heterocycles. The van der Waals surface area contributed by atoms with Crippen molar-refractivity contribution in [2.75, 3.05) is 38.3 Å². The highest BCUT2D eigenvalue weighted by Crippen LogP contribution is 2.39. The summed E-state index contributed by atoms with van der Waals surface area (Å²) in [6.07, 6.45) is 1.97. The summed E-state index contributed by atoms with van der Waals surface area (Å²) < 4.78 is 0. The number of likely N-dealkylation sites (tertiary alicyclic amines) is 1. The fraction of sp³-hybridized carbons (Fsp3) is 0.344. The second kappa shape index (κ2) is 11.3. The van der Waals surface area contributed by atoms with E-state index in [-0.39, 0.29) is 24.3 Å². The second-order valence-electron chi connectivity index (χ2n) is 10.5. The van der Waals surface area contributed by atoms with Crippen LogP contribution >= 0.6 is 0 Å². The Balaban J connectivity index is 1.31. The van der Waals surface area contributed by atoms with Crippen LogP contribution in [0, 0.1) is 0 Å². The molecule has 1 spiro atoms. The van der Waals surface area contributed by atoms with Gasteiger partial charge >= 0.3 is 0 Å². The van der Waals surface area contributed by atoms with Gasteiger partial charge in [0.05, 0.1) is 6.67 Å². The van der Waals surface area contributed by atoms with Crippen molar-refractivity contribution < 1.29 is 14.4 Å². The number of nitrogens with zero attached hydrogens (tertiary/aromatic N) is 4. The highest BCUT2D eigenvalue weighted by molar-refractivity contribution is 5.97. The van der Waals surface area contributed by atoms with Crippen molar-refractivity contribution in [3.05, 3.63) is 102 Å². The Morgan fingerprint density at radius 2 is 1.46 bits per heavy atom. The van der Waals surface area contributed by atoms with E-state index < -0.39 is 5.54 Å². The molecule has 7 heteroatoms. The van der Waals surface area contributed by atoms with Crippen LogP contribution in [0.1, 0.15) is 41.3 Å². The van der Waals surface area contributed by atoms with Crippen LogP contribution in [-0.2, 0) is 22.6 Å². The summed E-state index contributed by atoms with van der Waals surface area (Å²) in [6.45, 7) is 3.93. The number of likely N-dealkylation sites (N-methyl/N-ethyl adjacent to an activating group) is 1. The molecule has 5 rings (SSSR count). The smallest absolute Gasteiger partial charge is 0.253 e. The Hall–Kier alpha value is -4.13. The van der Waals surface area contributed by atoms with Crippen molar-refractivity contribution in [1.29, 1.82) is 0 Å². The number of aryl methyl sites for hydroxylation is 1. The van der Waals surface area contributed by atoms with E-state index in [4.69, 9.17) is 0 Å². The van der Waals surface area contributed by atoms with Crippen LogP contribution in [0.5, 0.6) is 0 Å². The van der Waals surface area contributed by atoms with Gasteiger partial charge in [0.15, 0.2) is 0 Å². The lowest BCUT2D eigenvalue weighted by molar-refractivity contribution is -0.140. The van der Waals surface area contributed by atoms with Crippen molar-refractivity contribution in [2.45, 2.75) is 38.3 Å². The summed E-state index contributed by atoms with van der Waals surface area (Å²) in [4.78, 5) is 47.8. The first-order valence-corrected chi connectivity index (χ1v) is 13.7. The fourth-order valence-electron chi connectivity index (χ4n) is 5.70. The Kier molecular flexibility index (Phi) is 7.68. The summed E-state index contributed by atoms with van der Waals surface area (Å²) >= 11 is 0. The number of hydrogen-bond acceptors (Lipinski definition) is 4. The number of para-hydroxylation sites is 1. The minimum absolute atomic E-state index is 0.00113. The minimum Gasteiger partial charge on any atom is -0.340 e. The third kappa shape index (κ3) is 5.39. The predicted molar refractivity (Wildman–Crippen MR) is 152 cm³/mol. The number of carbonyl (C=O) groups excluding carboxylic acids is 3. The second-order valence-corrected chi connectivity index (χ2v) is 10.5. The molecule has 0 N–H and O–H groups in total. The fourth-order valence-corrected chi connectivity index (χ4v) is 5.70. The zero-order valence-electron chi connectivity index (χ0n) is 22.8. The molecule has 3 aromatic carbocycles. The molecule has 0 saturated carbocycles. The Bertz CT molecular complexity index is 1300. The lowest BCUT2D eigenvalue weighted by atomic mass is 9.85. The highest BCUT2D eigenvalue weighted by Gasteiger charge is 2.54. The van der Waals surface area contributed by atoms with Gasteiger partial charge in [-0.3, -0.25) is 14.4 Å². The van der Waals surface area contributed by atoms with Crippen molar-refractivity contribution in [1.82, 2.24) is 14.7 Å². The molecule has 39 heavy (non-hydrogen) atoms. The maximum absolute atomic E-state index is 14.0. The molecule has 0 unspecified atom stereocenters. The van der Waals surface area contributed by atoms with Crippen molar-refractivity contribution >= 4 is 23.4 Å². The molecular weight excluding hydrogens is 488 g/mol. The zero-order chi connectivity index (χ0) is 27.4. The van der Waals surface area contributed by atoms with Crippen LogP contribution in [0.2, 0.25) is 0 Å². The summed E-state index contributed by atoms with van der Waals surface area (Å²) in [5.74, 6) is -0.133. The molecule has 0 aromatic heterocycles. The summed E-state index contributed by atoms with van der Waals surface area (Å²) in [7, 11) is 1.78. The average Bonchev–Trinajstić information content (AvgIpc) is 3.24. The number of hydrogen-bond donors (Lipinski definition) is 0. The van der Waals surface area contributed by atoms with E-state index in [2.05, 4.69) is 11.8 Å². The number of piperidine rings is 1. The minimum atomic E-state index is -0.775. The SMILES string of the molecule is CCc1ccc(C(=O)N2CCC3(CC2)C(=O)N(CC(=O)N(C)Cc2ccccc2)CN3c2ccccc2)cc1. The van der Waals surface area contributed by atoms with E-state index in [0.29, 0.717) is 44.7 Å². The van der Waals surface area contributed by atoms with Crippen molar-refractivity contribution in [2.24, 2.45) is 0 Å². The first-order chi connectivity index (χ1) is 18.9. The van der Waals surface area contributed by atoms with Gasteiger partial charge in [-0.15, -0.1) is 0 Å². The third-order valence-corrected chi connectivity index (χ3v) is 8.08. The van der Waals surface area contributed by atoms with E-state index in [1.165, 1.54) is 5.56 Å². The molecule has 2 heterocycles. The molecule has 2 aliphatic heterocycles. The van der Waals surface area contributed by atoms with Gasteiger partial charge < -0.3 is 19.6 Å². The standard InChI is InChI=1S/C32H36N4O3/c1-3-25-14-16-27(17-15-25)30(38)34-20-18-32(19-21-34)31(39)35(24-36(32)28-12-8-5-9-13-28)23-29(37)33(2)22-26-10-6-4-7-11-26/h4-17H,3,18-24H2,1-2H3. The average molecular weight is 525 g/mol. The van der Waals surface area contributed by atoms with Crippen molar-refractivity contribution in [3.63, 3.8) is 0 Å². The van der Waals surface area contributed by atoms with Crippen molar-refractivity contribution in [3.8, 4) is 0 Å². The molecule has 0 bridgehead atoms. The molecule has 2 aliphatic rings. The van der Waals surface area contributed by atoms with E-state index in [9.17, 15) is 14.4 Å². The number of amides is 3. The highest BCUT2D eigenvalue weighted by atomic mass is 16.2. The molecule has 0 aliphatic carbocycles. The first-order valence-electron chi connectivity index (χ1n) is 13.7. The summed E-state index contributed by atoms with van der Waals surface area (Å²) in [6, 6.07) is 27.5. The molecule has 3 amide bonds. The Morgan fingerprint density at radius 1 is 0.846 bits per heavy atom. The molecule has 0 atom stereocenters. The van der Waals surface area contributed by atoms with Crippen LogP contribution < -0.4 is 4.90 Å². The molecule has 2 fully saturated rings.